The van der Waals surface area contributed by atoms with Crippen molar-refractivity contribution >= 4 is 39.8 Å². The van der Waals surface area contributed by atoms with Crippen LogP contribution in [0, 0.1) is 0 Å². The Kier molecular flexibility index (Phi) is 7.75. The molecule has 8 nitrogen and oxygen atoms in total. The Morgan fingerprint density at radius 1 is 0.944 bits per heavy atom. The molecule has 0 aliphatic carbocycles. The predicted molar refractivity (Wildman–Crippen MR) is 143 cm³/mol. The molecule has 0 fully saturated rings. The zero-order valence-electron chi connectivity index (χ0n) is 20.4. The summed E-state index contributed by atoms with van der Waals surface area (Å²) in [6.45, 7) is 6.57. The van der Waals surface area contributed by atoms with Crippen LogP contribution in [-0.2, 0) is 0 Å². The van der Waals surface area contributed by atoms with Gasteiger partial charge in [-0.3, -0.25) is 9.59 Å². The second kappa shape index (κ2) is 11.3. The van der Waals surface area contributed by atoms with Gasteiger partial charge in [0, 0.05) is 35.8 Å². The van der Waals surface area contributed by atoms with Gasteiger partial charge in [-0.1, -0.05) is 12.1 Å². The summed E-state index contributed by atoms with van der Waals surface area (Å²) in [6.07, 6.45) is 0. The number of hydrogen-bond donors (Lipinski definition) is 3. The molecule has 3 aromatic carbocycles. The molecule has 2 amide bonds. The van der Waals surface area contributed by atoms with Crippen molar-refractivity contribution in [1.29, 1.82) is 0 Å². The van der Waals surface area contributed by atoms with E-state index in [2.05, 4.69) is 29.4 Å². The van der Waals surface area contributed by atoms with Crippen molar-refractivity contribution in [3.8, 4) is 5.75 Å². The Hall–Kier alpha value is -4.46. The lowest BCUT2D eigenvalue weighted by molar-refractivity contribution is 0.0920. The average Bonchev–Trinajstić information content (AvgIpc) is 3.33. The first-order valence-corrected chi connectivity index (χ1v) is 11.9. The molecule has 0 radical (unpaired) electrons. The van der Waals surface area contributed by atoms with Crippen molar-refractivity contribution in [3.63, 3.8) is 0 Å². The zero-order chi connectivity index (χ0) is 25.5. The normalized spacial score (nSPS) is 10.7. The number of fused-ring (bicyclic) bond motifs is 1. The van der Waals surface area contributed by atoms with E-state index in [1.807, 2.05) is 18.2 Å². The third-order valence-electron chi connectivity index (χ3n) is 5.84. The first-order chi connectivity index (χ1) is 17.5. The number of hydrogen-bond acceptors (Lipinski definition) is 6. The number of rotatable bonds is 10. The van der Waals surface area contributed by atoms with Crippen LogP contribution in [0.2, 0.25) is 0 Å². The van der Waals surface area contributed by atoms with Crippen molar-refractivity contribution in [2.75, 3.05) is 42.2 Å². The van der Waals surface area contributed by atoms with Gasteiger partial charge >= 0.3 is 0 Å². The number of nitrogens with two attached hydrogens (primary N) is 1. The molecule has 0 bridgehead atoms. The van der Waals surface area contributed by atoms with Gasteiger partial charge in [0.05, 0.1) is 17.9 Å². The van der Waals surface area contributed by atoms with Crippen LogP contribution >= 0.6 is 0 Å². The van der Waals surface area contributed by atoms with Crippen molar-refractivity contribution in [1.82, 2.24) is 5.32 Å². The standard InChI is InChI=1S/C28H30N4O4/c1-3-32(4-2)21-12-9-20-17-26(36-25(20)18-21)28(34)30-15-16-35-22-13-10-19(11-14-22)27(33)31-24-8-6-5-7-23(24)29/h5-14,17-18H,3-4,15-16,29H2,1-2H3,(H,30,34)(H,31,33). The van der Waals surface area contributed by atoms with E-state index in [-0.39, 0.29) is 24.2 Å². The van der Waals surface area contributed by atoms with E-state index < -0.39 is 0 Å². The molecule has 1 heterocycles. The summed E-state index contributed by atoms with van der Waals surface area (Å²) in [4.78, 5) is 27.2. The minimum absolute atomic E-state index is 0.260. The molecule has 36 heavy (non-hydrogen) atoms. The number of furan rings is 1. The lowest BCUT2D eigenvalue weighted by atomic mass is 10.2. The highest BCUT2D eigenvalue weighted by Crippen LogP contribution is 2.25. The number of carbonyl (C=O) groups is 2. The van der Waals surface area contributed by atoms with E-state index in [0.717, 1.165) is 24.2 Å². The monoisotopic (exact) mass is 486 g/mol. The first-order valence-electron chi connectivity index (χ1n) is 11.9. The van der Waals surface area contributed by atoms with Crippen molar-refractivity contribution in [3.05, 3.63) is 84.1 Å². The molecular weight excluding hydrogens is 456 g/mol. The molecule has 4 aromatic rings. The van der Waals surface area contributed by atoms with Crippen LogP contribution in [0.1, 0.15) is 34.8 Å². The minimum atomic E-state index is -0.300. The number of carbonyl (C=O) groups excluding carboxylic acids is 2. The topological polar surface area (TPSA) is 110 Å². The second-order valence-electron chi connectivity index (χ2n) is 8.18. The first kappa shape index (κ1) is 24.7. The van der Waals surface area contributed by atoms with Crippen LogP contribution in [-0.4, -0.2) is 38.1 Å². The lowest BCUT2D eigenvalue weighted by Crippen LogP contribution is -2.27. The Bertz CT molecular complexity index is 1340. The Balaban J connectivity index is 1.26. The van der Waals surface area contributed by atoms with Crippen LogP contribution in [0.15, 0.2) is 77.2 Å². The molecule has 4 N–H and O–H groups in total. The van der Waals surface area contributed by atoms with Crippen LogP contribution in [0.5, 0.6) is 5.75 Å². The fourth-order valence-corrected chi connectivity index (χ4v) is 3.85. The second-order valence-corrected chi connectivity index (χ2v) is 8.18. The third kappa shape index (κ3) is 5.78. The van der Waals surface area contributed by atoms with Crippen molar-refractivity contribution in [2.24, 2.45) is 0 Å². The maximum atomic E-state index is 12.5. The van der Waals surface area contributed by atoms with E-state index in [4.69, 9.17) is 14.9 Å². The number of nitrogens with one attached hydrogen (secondary N) is 2. The molecule has 1 aromatic heterocycles. The number of anilines is 3. The number of benzene rings is 3. The molecule has 0 aliphatic heterocycles. The molecule has 0 saturated carbocycles. The molecule has 186 valence electrons. The Labute approximate surface area is 210 Å². The smallest absolute Gasteiger partial charge is 0.287 e. The van der Waals surface area contributed by atoms with Gasteiger partial charge in [0.15, 0.2) is 5.76 Å². The van der Waals surface area contributed by atoms with E-state index in [0.29, 0.717) is 34.8 Å². The minimum Gasteiger partial charge on any atom is -0.492 e. The molecule has 0 aliphatic rings. The third-order valence-corrected chi connectivity index (χ3v) is 5.84. The van der Waals surface area contributed by atoms with Crippen LogP contribution in [0.4, 0.5) is 17.1 Å². The SMILES string of the molecule is CCN(CC)c1ccc2cc(C(=O)NCCOc3ccc(C(=O)Nc4ccccc4N)cc3)oc2c1. The summed E-state index contributed by atoms with van der Waals surface area (Å²) < 4.78 is 11.5. The zero-order valence-corrected chi connectivity index (χ0v) is 20.4. The van der Waals surface area contributed by atoms with Gasteiger partial charge in [-0.25, -0.2) is 0 Å². The highest BCUT2D eigenvalue weighted by Gasteiger charge is 2.13. The van der Waals surface area contributed by atoms with Gasteiger partial charge in [0.2, 0.25) is 0 Å². The van der Waals surface area contributed by atoms with Gasteiger partial charge < -0.3 is 30.4 Å². The van der Waals surface area contributed by atoms with Crippen LogP contribution in [0.3, 0.4) is 0 Å². The lowest BCUT2D eigenvalue weighted by Gasteiger charge is -2.20. The summed E-state index contributed by atoms with van der Waals surface area (Å²) in [5.41, 5.74) is 9.16. The molecule has 4 rings (SSSR count). The van der Waals surface area contributed by atoms with Crippen molar-refractivity contribution in [2.45, 2.75) is 13.8 Å². The molecule has 0 unspecified atom stereocenters. The van der Waals surface area contributed by atoms with E-state index in [1.54, 1.807) is 54.6 Å². The van der Waals surface area contributed by atoms with E-state index >= 15 is 0 Å². The molecule has 8 heteroatoms. The van der Waals surface area contributed by atoms with Crippen LogP contribution < -0.4 is 26.0 Å². The van der Waals surface area contributed by atoms with Crippen molar-refractivity contribution < 1.29 is 18.7 Å². The Morgan fingerprint density at radius 2 is 1.69 bits per heavy atom. The largest absolute Gasteiger partial charge is 0.492 e. The molecule has 0 atom stereocenters. The fourth-order valence-electron chi connectivity index (χ4n) is 3.85. The van der Waals surface area contributed by atoms with Gasteiger partial charge in [-0.05, 0) is 68.4 Å². The highest BCUT2D eigenvalue weighted by molar-refractivity contribution is 6.05. The number of para-hydroxylation sites is 2. The number of amides is 2. The summed E-state index contributed by atoms with van der Waals surface area (Å²) in [5.74, 6) is 0.289. The van der Waals surface area contributed by atoms with Gasteiger partial charge in [-0.2, -0.15) is 0 Å². The molecule has 0 spiro atoms. The molecular formula is C28H30N4O4. The quantitative estimate of drug-likeness (QED) is 0.217. The fraction of sp³-hybridized carbons (Fsp3) is 0.214. The number of nitrogen functional groups attached to an aromatic ring is 1. The summed E-state index contributed by atoms with van der Waals surface area (Å²) >= 11 is 0. The number of ether oxygens (including phenoxy) is 1. The highest BCUT2D eigenvalue weighted by atomic mass is 16.5. The van der Waals surface area contributed by atoms with Crippen LogP contribution in [0.25, 0.3) is 11.0 Å². The molecule has 0 saturated heterocycles. The predicted octanol–water partition coefficient (Wildman–Crippen LogP) is 4.92. The summed E-state index contributed by atoms with van der Waals surface area (Å²) in [7, 11) is 0. The van der Waals surface area contributed by atoms with E-state index in [1.165, 1.54) is 0 Å². The maximum Gasteiger partial charge on any atom is 0.287 e. The van der Waals surface area contributed by atoms with Gasteiger partial charge in [0.25, 0.3) is 11.8 Å². The summed E-state index contributed by atoms with van der Waals surface area (Å²) in [5, 5.41) is 6.48. The van der Waals surface area contributed by atoms with Gasteiger partial charge in [0.1, 0.15) is 17.9 Å². The van der Waals surface area contributed by atoms with E-state index in [9.17, 15) is 9.59 Å². The Morgan fingerprint density at radius 3 is 2.42 bits per heavy atom. The average molecular weight is 487 g/mol. The maximum absolute atomic E-state index is 12.5. The number of nitrogens with zero attached hydrogens (tertiary/aromatic N) is 1. The summed E-state index contributed by atoms with van der Waals surface area (Å²) in [6, 6.07) is 21.5. The van der Waals surface area contributed by atoms with Gasteiger partial charge in [-0.15, -0.1) is 0 Å².